The summed E-state index contributed by atoms with van der Waals surface area (Å²) < 4.78 is 28.2. The van der Waals surface area contributed by atoms with Crippen molar-refractivity contribution in [3.8, 4) is 5.75 Å². The number of ether oxygens (including phenoxy) is 1. The average molecular weight is 325 g/mol. The zero-order chi connectivity index (χ0) is 16.3. The van der Waals surface area contributed by atoms with Gasteiger partial charge in [0.15, 0.2) is 9.84 Å². The molecule has 1 aliphatic rings. The zero-order valence-electron chi connectivity index (χ0n) is 13.3. The molecule has 2 rings (SSSR count). The van der Waals surface area contributed by atoms with Crippen molar-refractivity contribution in [2.75, 3.05) is 18.6 Å². The fraction of sp³-hybridized carbons (Fsp3) is 0.562. The lowest BCUT2D eigenvalue weighted by Gasteiger charge is -2.14. The number of sulfone groups is 1. The largest absolute Gasteiger partial charge is 0.496 e. The third kappa shape index (κ3) is 4.22. The van der Waals surface area contributed by atoms with Crippen molar-refractivity contribution in [2.45, 2.75) is 38.6 Å². The minimum Gasteiger partial charge on any atom is -0.496 e. The van der Waals surface area contributed by atoms with Gasteiger partial charge in [-0.2, -0.15) is 0 Å². The number of benzene rings is 1. The number of hydrogen-bond donors (Lipinski definition) is 1. The molecule has 0 spiro atoms. The quantitative estimate of drug-likeness (QED) is 0.894. The van der Waals surface area contributed by atoms with Gasteiger partial charge in [-0.1, -0.05) is 26.0 Å². The maximum absolute atomic E-state index is 12.1. The van der Waals surface area contributed by atoms with E-state index in [9.17, 15) is 13.2 Å². The van der Waals surface area contributed by atoms with Crippen molar-refractivity contribution >= 4 is 15.7 Å². The Balaban J connectivity index is 2.02. The van der Waals surface area contributed by atoms with E-state index in [1.54, 1.807) is 7.11 Å². The number of rotatable bonds is 5. The van der Waals surface area contributed by atoms with Crippen LogP contribution in [0.2, 0.25) is 0 Å². The zero-order valence-corrected chi connectivity index (χ0v) is 14.1. The number of hydrogen-bond acceptors (Lipinski definition) is 4. The van der Waals surface area contributed by atoms with Crippen LogP contribution in [0.5, 0.6) is 5.75 Å². The summed E-state index contributed by atoms with van der Waals surface area (Å²) in [5, 5.41) is 2.80. The number of carbonyl (C=O) groups excluding carboxylic acids is 1. The van der Waals surface area contributed by atoms with Gasteiger partial charge >= 0.3 is 0 Å². The number of methoxy groups -OCH3 is 1. The second kappa shape index (κ2) is 6.69. The van der Waals surface area contributed by atoms with Crippen molar-refractivity contribution in [1.29, 1.82) is 0 Å². The molecule has 122 valence electrons. The maximum Gasteiger partial charge on any atom is 0.224 e. The lowest BCUT2D eigenvalue weighted by Crippen LogP contribution is -2.36. The molecule has 0 radical (unpaired) electrons. The Kier molecular flexibility index (Phi) is 5.11. The number of nitrogens with one attached hydrogen (secondary N) is 1. The van der Waals surface area contributed by atoms with Gasteiger partial charge in [-0.25, -0.2) is 8.42 Å². The fourth-order valence-electron chi connectivity index (χ4n) is 2.63. The van der Waals surface area contributed by atoms with Crippen LogP contribution in [-0.4, -0.2) is 39.0 Å². The SMILES string of the molecule is COc1cc(C(C)C)ccc1CC(=O)NC1CCS(=O)(=O)C1. The molecule has 0 aromatic heterocycles. The second-order valence-electron chi connectivity index (χ2n) is 6.07. The third-order valence-electron chi connectivity index (χ3n) is 3.93. The molecule has 1 N–H and O–H groups in total. The highest BCUT2D eigenvalue weighted by atomic mass is 32.2. The minimum atomic E-state index is -2.98. The Labute approximate surface area is 132 Å². The minimum absolute atomic E-state index is 0.0438. The molecule has 1 aromatic rings. The Bertz CT molecular complexity index is 652. The van der Waals surface area contributed by atoms with E-state index in [2.05, 4.69) is 19.2 Å². The van der Waals surface area contributed by atoms with Crippen molar-refractivity contribution < 1.29 is 17.9 Å². The lowest BCUT2D eigenvalue weighted by molar-refractivity contribution is -0.121. The molecule has 22 heavy (non-hydrogen) atoms. The monoisotopic (exact) mass is 325 g/mol. The van der Waals surface area contributed by atoms with Gasteiger partial charge in [0.1, 0.15) is 5.75 Å². The first-order chi connectivity index (χ1) is 10.3. The molecule has 1 saturated heterocycles. The molecule has 0 saturated carbocycles. The summed E-state index contributed by atoms with van der Waals surface area (Å²) >= 11 is 0. The van der Waals surface area contributed by atoms with Crippen molar-refractivity contribution in [3.63, 3.8) is 0 Å². The first kappa shape index (κ1) is 16.8. The lowest BCUT2D eigenvalue weighted by atomic mass is 9.99. The number of carbonyl (C=O) groups is 1. The Hall–Kier alpha value is -1.56. The van der Waals surface area contributed by atoms with Crippen LogP contribution >= 0.6 is 0 Å². The van der Waals surface area contributed by atoms with E-state index in [0.717, 1.165) is 11.1 Å². The Morgan fingerprint density at radius 2 is 2.14 bits per heavy atom. The first-order valence-electron chi connectivity index (χ1n) is 7.47. The highest BCUT2D eigenvalue weighted by Crippen LogP contribution is 2.25. The molecule has 1 amide bonds. The molecular weight excluding hydrogens is 302 g/mol. The topological polar surface area (TPSA) is 72.5 Å². The molecule has 1 unspecified atom stereocenters. The van der Waals surface area contributed by atoms with E-state index in [0.29, 0.717) is 18.1 Å². The van der Waals surface area contributed by atoms with Crippen LogP contribution in [0.4, 0.5) is 0 Å². The second-order valence-corrected chi connectivity index (χ2v) is 8.30. The predicted molar refractivity (Wildman–Crippen MR) is 86.0 cm³/mol. The van der Waals surface area contributed by atoms with Gasteiger partial charge in [0.2, 0.25) is 5.91 Å². The van der Waals surface area contributed by atoms with Gasteiger partial charge in [0, 0.05) is 11.6 Å². The molecular formula is C16H23NO4S. The molecule has 1 fully saturated rings. The fourth-order valence-corrected chi connectivity index (χ4v) is 4.30. The van der Waals surface area contributed by atoms with E-state index in [4.69, 9.17) is 4.74 Å². The third-order valence-corrected chi connectivity index (χ3v) is 5.69. The molecule has 1 atom stereocenters. The van der Waals surface area contributed by atoms with Gasteiger partial charge < -0.3 is 10.1 Å². The number of amides is 1. The summed E-state index contributed by atoms with van der Waals surface area (Å²) in [4.78, 5) is 12.1. The normalized spacial score (nSPS) is 20.1. The summed E-state index contributed by atoms with van der Waals surface area (Å²) in [6, 6.07) is 5.58. The molecule has 6 heteroatoms. The molecule has 5 nitrogen and oxygen atoms in total. The highest BCUT2D eigenvalue weighted by Gasteiger charge is 2.29. The van der Waals surface area contributed by atoms with E-state index >= 15 is 0 Å². The van der Waals surface area contributed by atoms with E-state index in [1.807, 2.05) is 18.2 Å². The molecule has 0 aliphatic carbocycles. The van der Waals surface area contributed by atoms with Crippen LogP contribution in [-0.2, 0) is 21.1 Å². The summed E-state index contributed by atoms with van der Waals surface area (Å²) in [6.45, 7) is 4.20. The standard InChI is InChI=1S/C16H23NO4S/c1-11(2)12-4-5-13(15(8-12)21-3)9-16(18)17-14-6-7-22(19,20)10-14/h4-5,8,11,14H,6-7,9-10H2,1-3H3,(H,17,18). The summed E-state index contributed by atoms with van der Waals surface area (Å²) in [5.41, 5.74) is 1.97. The van der Waals surface area contributed by atoms with E-state index in [1.165, 1.54) is 0 Å². The van der Waals surface area contributed by atoms with Crippen molar-refractivity contribution in [3.05, 3.63) is 29.3 Å². The Morgan fingerprint density at radius 1 is 1.41 bits per heavy atom. The van der Waals surface area contributed by atoms with Gasteiger partial charge in [-0.05, 0) is 24.0 Å². The smallest absolute Gasteiger partial charge is 0.224 e. The molecule has 1 aromatic carbocycles. The van der Waals surface area contributed by atoms with Gasteiger partial charge in [-0.15, -0.1) is 0 Å². The van der Waals surface area contributed by atoms with E-state index in [-0.39, 0.29) is 29.9 Å². The van der Waals surface area contributed by atoms with Gasteiger partial charge in [0.25, 0.3) is 0 Å². The predicted octanol–water partition coefficient (Wildman–Crippen LogP) is 1.66. The van der Waals surface area contributed by atoms with Crippen molar-refractivity contribution in [1.82, 2.24) is 5.32 Å². The van der Waals surface area contributed by atoms with Crippen LogP contribution in [0, 0.1) is 0 Å². The van der Waals surface area contributed by atoms with Crippen LogP contribution in [0.1, 0.15) is 37.3 Å². The van der Waals surface area contributed by atoms with Crippen LogP contribution in [0.3, 0.4) is 0 Å². The van der Waals surface area contributed by atoms with Crippen LogP contribution in [0.25, 0.3) is 0 Å². The summed E-state index contributed by atoms with van der Waals surface area (Å²) in [5.74, 6) is 1.12. The summed E-state index contributed by atoms with van der Waals surface area (Å²) in [6.07, 6.45) is 0.690. The highest BCUT2D eigenvalue weighted by molar-refractivity contribution is 7.91. The van der Waals surface area contributed by atoms with Crippen LogP contribution < -0.4 is 10.1 Å². The van der Waals surface area contributed by atoms with E-state index < -0.39 is 9.84 Å². The first-order valence-corrected chi connectivity index (χ1v) is 9.29. The van der Waals surface area contributed by atoms with Gasteiger partial charge in [-0.3, -0.25) is 4.79 Å². The molecule has 1 aliphatic heterocycles. The maximum atomic E-state index is 12.1. The summed E-state index contributed by atoms with van der Waals surface area (Å²) in [7, 11) is -1.39. The van der Waals surface area contributed by atoms with Crippen molar-refractivity contribution in [2.24, 2.45) is 0 Å². The average Bonchev–Trinajstić information content (AvgIpc) is 2.77. The molecule has 1 heterocycles. The van der Waals surface area contributed by atoms with Gasteiger partial charge in [0.05, 0.1) is 25.0 Å². The molecule has 0 bridgehead atoms. The van der Waals surface area contributed by atoms with Crippen LogP contribution in [0.15, 0.2) is 18.2 Å². The Morgan fingerprint density at radius 3 is 2.68 bits per heavy atom.